The number of halogens is 3. The maximum atomic E-state index is 14.9. The number of piperidine rings is 1. The molecule has 0 radical (unpaired) electrons. The predicted molar refractivity (Wildman–Crippen MR) is 151 cm³/mol. The van der Waals surface area contributed by atoms with Gasteiger partial charge in [-0.2, -0.15) is 0 Å². The fourth-order valence-electron chi connectivity index (χ4n) is 4.81. The van der Waals surface area contributed by atoms with Crippen LogP contribution in [0.15, 0.2) is 34.7 Å². The SMILES string of the molecule is CCCCc1oc2ccc(NS(C)(=O)=O)cc2c1C(=O)c1cc(F)c(OCCCN2CCCCC2)c(F)c1.Cl. The normalized spacial score (nSPS) is 14.3. The van der Waals surface area contributed by atoms with Gasteiger partial charge in [-0.1, -0.05) is 19.8 Å². The highest BCUT2D eigenvalue weighted by molar-refractivity contribution is 7.92. The van der Waals surface area contributed by atoms with Gasteiger partial charge < -0.3 is 14.1 Å². The first kappa shape index (κ1) is 30.8. The molecule has 4 rings (SSSR count). The summed E-state index contributed by atoms with van der Waals surface area (Å²) in [5.41, 5.74) is 0.623. The molecule has 2 aromatic carbocycles. The maximum absolute atomic E-state index is 14.9. The van der Waals surface area contributed by atoms with Crippen molar-refractivity contribution < 1.29 is 31.1 Å². The molecule has 214 valence electrons. The number of nitrogens with one attached hydrogen (secondary N) is 1. The lowest BCUT2D eigenvalue weighted by atomic mass is 9.97. The lowest BCUT2D eigenvalue weighted by Crippen LogP contribution is -2.31. The zero-order valence-corrected chi connectivity index (χ0v) is 23.9. The van der Waals surface area contributed by atoms with Crippen molar-refractivity contribution in [1.29, 1.82) is 0 Å². The van der Waals surface area contributed by atoms with Crippen molar-refractivity contribution >= 4 is 44.9 Å². The molecule has 0 spiro atoms. The molecule has 1 saturated heterocycles. The summed E-state index contributed by atoms with van der Waals surface area (Å²) in [6.45, 7) is 5.04. The number of benzene rings is 2. The van der Waals surface area contributed by atoms with Crippen LogP contribution in [-0.4, -0.2) is 51.6 Å². The summed E-state index contributed by atoms with van der Waals surface area (Å²) < 4.78 is 67.0. The summed E-state index contributed by atoms with van der Waals surface area (Å²) in [6.07, 6.45) is 7.27. The molecule has 1 aromatic heterocycles. The molecule has 39 heavy (non-hydrogen) atoms. The molecule has 11 heteroatoms. The number of hydrogen-bond acceptors (Lipinski definition) is 6. The van der Waals surface area contributed by atoms with Gasteiger partial charge in [-0.15, -0.1) is 12.4 Å². The van der Waals surface area contributed by atoms with Crippen LogP contribution in [0.2, 0.25) is 0 Å². The topological polar surface area (TPSA) is 88.8 Å². The third-order valence-corrected chi connectivity index (χ3v) is 7.23. The van der Waals surface area contributed by atoms with E-state index in [-0.39, 0.29) is 35.8 Å². The smallest absolute Gasteiger partial charge is 0.229 e. The number of furan rings is 1. The third kappa shape index (κ3) is 7.93. The first-order chi connectivity index (χ1) is 18.2. The molecule has 1 N–H and O–H groups in total. The summed E-state index contributed by atoms with van der Waals surface area (Å²) >= 11 is 0. The molecule has 1 fully saturated rings. The van der Waals surface area contributed by atoms with Gasteiger partial charge in [0.15, 0.2) is 23.2 Å². The minimum Gasteiger partial charge on any atom is -0.488 e. The van der Waals surface area contributed by atoms with Gasteiger partial charge in [0, 0.05) is 29.6 Å². The predicted octanol–water partition coefficient (Wildman–Crippen LogP) is 6.33. The van der Waals surface area contributed by atoms with Crippen LogP contribution >= 0.6 is 12.4 Å². The van der Waals surface area contributed by atoms with E-state index in [0.29, 0.717) is 29.6 Å². The van der Waals surface area contributed by atoms with E-state index in [2.05, 4.69) is 9.62 Å². The van der Waals surface area contributed by atoms with Crippen molar-refractivity contribution in [3.05, 3.63) is 58.9 Å². The van der Waals surface area contributed by atoms with Gasteiger partial charge in [-0.3, -0.25) is 9.52 Å². The summed E-state index contributed by atoms with van der Waals surface area (Å²) in [5, 5.41) is 0.369. The van der Waals surface area contributed by atoms with E-state index in [9.17, 15) is 22.0 Å². The van der Waals surface area contributed by atoms with Crippen LogP contribution in [-0.2, 0) is 16.4 Å². The van der Waals surface area contributed by atoms with Gasteiger partial charge in [0.25, 0.3) is 0 Å². The maximum Gasteiger partial charge on any atom is 0.229 e. The Morgan fingerprint density at radius 1 is 1.08 bits per heavy atom. The largest absolute Gasteiger partial charge is 0.488 e. The van der Waals surface area contributed by atoms with Gasteiger partial charge in [0.2, 0.25) is 10.0 Å². The van der Waals surface area contributed by atoms with Crippen LogP contribution < -0.4 is 9.46 Å². The van der Waals surface area contributed by atoms with Gasteiger partial charge in [0.05, 0.1) is 18.4 Å². The Labute approximate surface area is 234 Å². The van der Waals surface area contributed by atoms with E-state index in [1.165, 1.54) is 31.4 Å². The van der Waals surface area contributed by atoms with Gasteiger partial charge in [-0.25, -0.2) is 17.2 Å². The van der Waals surface area contributed by atoms with Crippen LogP contribution in [0.1, 0.15) is 67.1 Å². The molecule has 0 amide bonds. The molecular weight excluding hydrogens is 550 g/mol. The third-order valence-electron chi connectivity index (χ3n) is 6.62. The molecule has 0 bridgehead atoms. The van der Waals surface area contributed by atoms with Gasteiger partial charge in [0.1, 0.15) is 11.3 Å². The molecular formula is C28H35ClF2N2O5S. The molecule has 3 aromatic rings. The van der Waals surface area contributed by atoms with Crippen LogP contribution in [0.25, 0.3) is 11.0 Å². The summed E-state index contributed by atoms with van der Waals surface area (Å²) in [4.78, 5) is 15.9. The number of ketones is 1. The van der Waals surface area contributed by atoms with E-state index < -0.39 is 33.2 Å². The van der Waals surface area contributed by atoms with Crippen LogP contribution in [0.4, 0.5) is 14.5 Å². The molecule has 0 atom stereocenters. The second kappa shape index (κ2) is 13.6. The Kier molecular flexibility index (Phi) is 10.7. The van der Waals surface area contributed by atoms with Crippen molar-refractivity contribution in [3.8, 4) is 5.75 Å². The number of nitrogens with zero attached hydrogens (tertiary/aromatic N) is 1. The highest BCUT2D eigenvalue weighted by Crippen LogP contribution is 2.33. The van der Waals surface area contributed by atoms with E-state index in [0.717, 1.165) is 50.9 Å². The second-order valence-corrected chi connectivity index (χ2v) is 11.5. The quantitative estimate of drug-likeness (QED) is 0.198. The lowest BCUT2D eigenvalue weighted by Gasteiger charge is -2.26. The average Bonchev–Trinajstić information content (AvgIpc) is 3.23. The lowest BCUT2D eigenvalue weighted by molar-refractivity contribution is 0.103. The Morgan fingerprint density at radius 3 is 2.41 bits per heavy atom. The van der Waals surface area contributed by atoms with Gasteiger partial charge in [-0.05, 0) is 69.1 Å². The Balaban J connectivity index is 0.00000420. The number of likely N-dealkylation sites (tertiary alicyclic amines) is 1. The molecule has 2 heterocycles. The number of ether oxygens (including phenoxy) is 1. The molecule has 0 unspecified atom stereocenters. The molecule has 1 aliphatic rings. The molecule has 0 saturated carbocycles. The fraction of sp³-hybridized carbons (Fsp3) is 0.464. The van der Waals surface area contributed by atoms with E-state index >= 15 is 0 Å². The van der Waals surface area contributed by atoms with Crippen molar-refractivity contribution in [2.45, 2.75) is 51.9 Å². The van der Waals surface area contributed by atoms with Crippen LogP contribution in [0, 0.1) is 11.6 Å². The monoisotopic (exact) mass is 584 g/mol. The zero-order chi connectivity index (χ0) is 27.3. The Hall–Kier alpha value is -2.69. The fourth-order valence-corrected chi connectivity index (χ4v) is 5.36. The summed E-state index contributed by atoms with van der Waals surface area (Å²) in [6, 6.07) is 6.55. The summed E-state index contributed by atoms with van der Waals surface area (Å²) in [7, 11) is -3.55. The number of unbranched alkanes of at least 4 members (excludes halogenated alkanes) is 1. The molecule has 0 aliphatic carbocycles. The van der Waals surface area contributed by atoms with E-state index in [4.69, 9.17) is 9.15 Å². The van der Waals surface area contributed by atoms with Crippen LogP contribution in [0.5, 0.6) is 5.75 Å². The first-order valence-electron chi connectivity index (χ1n) is 13.1. The highest BCUT2D eigenvalue weighted by Gasteiger charge is 2.25. The molecule has 7 nitrogen and oxygen atoms in total. The Morgan fingerprint density at radius 2 is 1.77 bits per heavy atom. The summed E-state index contributed by atoms with van der Waals surface area (Å²) in [5.74, 6) is -2.62. The van der Waals surface area contributed by atoms with Crippen molar-refractivity contribution in [2.24, 2.45) is 0 Å². The van der Waals surface area contributed by atoms with Gasteiger partial charge >= 0.3 is 0 Å². The average molecular weight is 585 g/mol. The first-order valence-corrected chi connectivity index (χ1v) is 15.0. The number of carbonyl (C=O) groups is 1. The minimum atomic E-state index is -3.55. The number of hydrogen-bond donors (Lipinski definition) is 1. The second-order valence-electron chi connectivity index (χ2n) is 9.79. The van der Waals surface area contributed by atoms with Crippen LogP contribution in [0.3, 0.4) is 0 Å². The standard InChI is InChI=1S/C28H34F2N2O5S.ClH/c1-3-4-9-25-26(21-18-20(31-38(2,34)35)10-11-24(21)37-25)27(33)19-16-22(29)28(23(30)17-19)36-15-8-14-32-12-6-5-7-13-32;/h10-11,16-18,31H,3-9,12-15H2,1-2H3;1H. The number of aryl methyl sites for hydroxylation is 1. The minimum absolute atomic E-state index is 0. The number of fused-ring (bicyclic) bond motifs is 1. The number of anilines is 1. The van der Waals surface area contributed by atoms with Crippen molar-refractivity contribution in [1.82, 2.24) is 4.90 Å². The highest BCUT2D eigenvalue weighted by atomic mass is 35.5. The Bertz CT molecular complexity index is 1380. The number of carbonyl (C=O) groups excluding carboxylic acids is 1. The van der Waals surface area contributed by atoms with Crippen molar-refractivity contribution in [2.75, 3.05) is 37.2 Å². The van der Waals surface area contributed by atoms with E-state index in [1.54, 1.807) is 6.07 Å². The zero-order valence-electron chi connectivity index (χ0n) is 22.2. The van der Waals surface area contributed by atoms with E-state index in [1.807, 2.05) is 6.92 Å². The number of rotatable bonds is 12. The van der Waals surface area contributed by atoms with Crippen molar-refractivity contribution in [3.63, 3.8) is 0 Å². The molecule has 1 aliphatic heterocycles. The number of sulfonamides is 1.